The molecule has 47 valence electrons. The molecule has 8 heavy (non-hydrogen) atoms. The minimum Gasteiger partial charge on any atom is -0.542 e. The summed E-state index contributed by atoms with van der Waals surface area (Å²) in [6.07, 6.45) is 4.01. The number of carbonyl (C=O) groups is 1. The van der Waals surface area contributed by atoms with Crippen LogP contribution >= 0.6 is 0 Å². The quantitative estimate of drug-likeness (QED) is 0.428. The summed E-state index contributed by atoms with van der Waals surface area (Å²) < 4.78 is 0. The van der Waals surface area contributed by atoms with Gasteiger partial charge in [-0.05, 0) is 0 Å². The Hall–Kier alpha value is -0.0236. The summed E-state index contributed by atoms with van der Waals surface area (Å²) in [6.45, 7) is 0. The SMILES string of the molecule is O=[C-]CCCC=O.[Os+]. The first-order valence-electron chi connectivity index (χ1n) is 2.20. The number of aldehydes is 1. The van der Waals surface area contributed by atoms with Crippen molar-refractivity contribution in [1.29, 1.82) is 0 Å². The van der Waals surface area contributed by atoms with E-state index in [9.17, 15) is 9.59 Å². The largest absolute Gasteiger partial charge is 1.00 e. The molecule has 0 saturated carbocycles. The van der Waals surface area contributed by atoms with E-state index in [0.29, 0.717) is 19.3 Å². The van der Waals surface area contributed by atoms with Crippen molar-refractivity contribution in [3.63, 3.8) is 0 Å². The Bertz CT molecular complexity index is 55.4. The van der Waals surface area contributed by atoms with Gasteiger partial charge in [-0.3, -0.25) is 6.29 Å². The van der Waals surface area contributed by atoms with Crippen molar-refractivity contribution in [1.82, 2.24) is 0 Å². The van der Waals surface area contributed by atoms with Crippen LogP contribution in [0.25, 0.3) is 0 Å². The van der Waals surface area contributed by atoms with Crippen LogP contribution in [0.1, 0.15) is 19.3 Å². The minimum atomic E-state index is 0. The van der Waals surface area contributed by atoms with Crippen LogP contribution in [-0.2, 0) is 29.4 Å². The van der Waals surface area contributed by atoms with E-state index in [0.717, 1.165) is 6.29 Å². The second kappa shape index (κ2) is 10.1. The van der Waals surface area contributed by atoms with Gasteiger partial charge in [-0.15, -0.1) is 0 Å². The van der Waals surface area contributed by atoms with Gasteiger partial charge in [0.1, 0.15) is 6.29 Å². The molecule has 0 atom stereocenters. The fourth-order valence-electron chi connectivity index (χ4n) is 0.258. The van der Waals surface area contributed by atoms with Gasteiger partial charge in [-0.1, -0.05) is 6.42 Å². The predicted molar refractivity (Wildman–Crippen MR) is 25.6 cm³/mol. The summed E-state index contributed by atoms with van der Waals surface area (Å²) in [7, 11) is 0. The molecule has 0 aliphatic heterocycles. The third-order valence-electron chi connectivity index (χ3n) is 0.601. The average Bonchev–Trinajstić information content (AvgIpc) is 1.69. The summed E-state index contributed by atoms with van der Waals surface area (Å²) in [4.78, 5) is 19.0. The first kappa shape index (κ1) is 10.9. The first-order chi connectivity index (χ1) is 3.41. The van der Waals surface area contributed by atoms with Crippen LogP contribution in [-0.4, -0.2) is 12.6 Å². The maximum Gasteiger partial charge on any atom is 1.00 e. The van der Waals surface area contributed by atoms with Crippen molar-refractivity contribution in [2.24, 2.45) is 0 Å². The third kappa shape index (κ3) is 9.36. The third-order valence-corrected chi connectivity index (χ3v) is 0.601. The van der Waals surface area contributed by atoms with Crippen molar-refractivity contribution in [3.05, 3.63) is 0 Å². The number of unbranched alkanes of at least 4 members (excludes halogenated alkanes) is 2. The van der Waals surface area contributed by atoms with Crippen molar-refractivity contribution in [3.8, 4) is 0 Å². The Labute approximate surface area is 61.7 Å². The molecule has 0 fully saturated rings. The molecule has 0 aromatic heterocycles. The summed E-state index contributed by atoms with van der Waals surface area (Å²) in [5.74, 6) is 0. The number of carbonyl (C=O) groups excluding carboxylic acids is 2. The molecule has 0 bridgehead atoms. The van der Waals surface area contributed by atoms with Crippen LogP contribution in [0.4, 0.5) is 0 Å². The molecule has 0 aromatic carbocycles. The average molecular weight is 289 g/mol. The zero-order valence-electron chi connectivity index (χ0n) is 4.37. The molecule has 0 amide bonds. The topological polar surface area (TPSA) is 34.1 Å². The Morgan fingerprint density at radius 2 is 2.12 bits per heavy atom. The van der Waals surface area contributed by atoms with Crippen LogP contribution < -0.4 is 0 Å². The fourth-order valence-corrected chi connectivity index (χ4v) is 0.258. The summed E-state index contributed by atoms with van der Waals surface area (Å²) in [5.41, 5.74) is 0. The molecule has 0 N–H and O–H groups in total. The van der Waals surface area contributed by atoms with E-state index in [1.165, 1.54) is 0 Å². The number of hydrogen-bond donors (Lipinski definition) is 0. The fraction of sp³-hybridized carbons (Fsp3) is 0.600. The molecule has 0 heterocycles. The Balaban J connectivity index is 0. The molecule has 0 spiro atoms. The van der Waals surface area contributed by atoms with Crippen molar-refractivity contribution in [2.45, 2.75) is 19.3 Å². The molecule has 2 nitrogen and oxygen atoms in total. The van der Waals surface area contributed by atoms with Crippen molar-refractivity contribution < 1.29 is 29.4 Å². The van der Waals surface area contributed by atoms with Gasteiger partial charge in [-0.2, -0.15) is 6.42 Å². The molecule has 1 radical (unpaired) electrons. The van der Waals surface area contributed by atoms with Gasteiger partial charge in [0.25, 0.3) is 0 Å². The molecule has 0 aromatic rings. The molecule has 0 unspecified atom stereocenters. The normalized spacial score (nSPS) is 7.00. The molecular formula is C5H7O2Os. The van der Waals surface area contributed by atoms with E-state index in [-0.39, 0.29) is 19.8 Å². The molecule has 0 rings (SSSR count). The first-order valence-corrected chi connectivity index (χ1v) is 2.20. The number of rotatable bonds is 4. The van der Waals surface area contributed by atoms with Gasteiger partial charge in [0.2, 0.25) is 0 Å². The Kier molecular flexibility index (Phi) is 13.7. The zero-order valence-corrected chi connectivity index (χ0v) is 6.91. The smallest absolute Gasteiger partial charge is 0.542 e. The molecular weight excluding hydrogens is 282 g/mol. The van der Waals surface area contributed by atoms with Crippen LogP contribution in [0, 0.1) is 0 Å². The molecule has 0 aliphatic carbocycles. The molecule has 0 aliphatic rings. The van der Waals surface area contributed by atoms with Crippen LogP contribution in [0.3, 0.4) is 0 Å². The monoisotopic (exact) mass is 291 g/mol. The van der Waals surface area contributed by atoms with Gasteiger partial charge >= 0.3 is 19.8 Å². The van der Waals surface area contributed by atoms with E-state index in [1.807, 2.05) is 0 Å². The van der Waals surface area contributed by atoms with Crippen molar-refractivity contribution >= 4 is 12.6 Å². The van der Waals surface area contributed by atoms with Crippen LogP contribution in [0.2, 0.25) is 0 Å². The maximum absolute atomic E-state index is 9.55. The second-order valence-electron chi connectivity index (χ2n) is 1.20. The van der Waals surface area contributed by atoms with E-state index in [2.05, 4.69) is 0 Å². The zero-order chi connectivity index (χ0) is 5.54. The summed E-state index contributed by atoms with van der Waals surface area (Å²) >= 11 is 0. The van der Waals surface area contributed by atoms with Crippen LogP contribution in [0.15, 0.2) is 0 Å². The summed E-state index contributed by atoms with van der Waals surface area (Å²) in [6, 6.07) is 0. The van der Waals surface area contributed by atoms with E-state index < -0.39 is 0 Å². The Morgan fingerprint density at radius 1 is 1.50 bits per heavy atom. The maximum atomic E-state index is 9.55. The number of hydrogen-bond acceptors (Lipinski definition) is 2. The van der Waals surface area contributed by atoms with E-state index in [4.69, 9.17) is 0 Å². The predicted octanol–water partition coefficient (Wildman–Crippen LogP) is 0.463. The van der Waals surface area contributed by atoms with Crippen LogP contribution in [0.5, 0.6) is 0 Å². The van der Waals surface area contributed by atoms with E-state index >= 15 is 0 Å². The van der Waals surface area contributed by atoms with Gasteiger partial charge in [-0.25, -0.2) is 0 Å². The van der Waals surface area contributed by atoms with Crippen molar-refractivity contribution in [2.75, 3.05) is 0 Å². The minimum absolute atomic E-state index is 0. The molecule has 0 saturated heterocycles. The van der Waals surface area contributed by atoms with Gasteiger partial charge < -0.3 is 9.59 Å². The van der Waals surface area contributed by atoms with Gasteiger partial charge in [0.05, 0.1) is 0 Å². The van der Waals surface area contributed by atoms with Gasteiger partial charge in [0.15, 0.2) is 0 Å². The summed E-state index contributed by atoms with van der Waals surface area (Å²) in [5, 5.41) is 0. The van der Waals surface area contributed by atoms with Gasteiger partial charge in [0, 0.05) is 6.42 Å². The molecule has 3 heteroatoms. The second-order valence-corrected chi connectivity index (χ2v) is 1.20. The standard InChI is InChI=1S/C5H7O2.Os/c6-4-2-1-3-5-7;/h4H,1-3H2;/q-1;+1. The van der Waals surface area contributed by atoms with E-state index in [1.54, 1.807) is 6.29 Å². The Morgan fingerprint density at radius 3 is 2.50 bits per heavy atom.